The van der Waals surface area contributed by atoms with Crippen LogP contribution < -0.4 is 0 Å². The average molecular weight is 138 g/mol. The minimum absolute atomic E-state index is 0.662. The number of rotatable bonds is 5. The third-order valence-electron chi connectivity index (χ3n) is 1.48. The van der Waals surface area contributed by atoms with Crippen LogP contribution in [-0.4, -0.2) is 13.2 Å². The molecule has 0 unspecified atom stereocenters. The second-order valence-electron chi connectivity index (χ2n) is 2.59. The first-order valence-electron chi connectivity index (χ1n) is 3.79. The van der Waals surface area contributed by atoms with Crippen molar-refractivity contribution in [2.75, 3.05) is 13.2 Å². The monoisotopic (exact) mass is 138 g/mol. The molecule has 1 heteroatoms. The highest BCUT2D eigenvalue weighted by atomic mass is 16.5. The Bertz CT molecular complexity index is 123. The summed E-state index contributed by atoms with van der Waals surface area (Å²) in [5.41, 5.74) is 0. The Morgan fingerprint density at radius 3 is 2.80 bits per heavy atom. The van der Waals surface area contributed by atoms with Crippen LogP contribution in [0, 0.1) is 5.92 Å². The molecule has 0 aromatic heterocycles. The number of ether oxygens (including phenoxy) is 1. The summed E-state index contributed by atoms with van der Waals surface area (Å²) in [5.74, 6) is 0.868. The van der Waals surface area contributed by atoms with E-state index in [1.807, 2.05) is 0 Å². The number of hydrogen-bond donors (Lipinski definition) is 0. The molecule has 1 aliphatic carbocycles. The molecule has 0 amide bonds. The first-order chi connectivity index (χ1) is 4.93. The van der Waals surface area contributed by atoms with Crippen molar-refractivity contribution in [1.82, 2.24) is 0 Å². The van der Waals surface area contributed by atoms with Gasteiger partial charge in [0, 0.05) is 0 Å². The van der Waals surface area contributed by atoms with E-state index in [1.165, 1.54) is 12.8 Å². The molecule has 0 spiro atoms. The predicted octanol–water partition coefficient (Wildman–Crippen LogP) is 2.16. The number of hydrogen-bond acceptors (Lipinski definition) is 1. The van der Waals surface area contributed by atoms with Crippen LogP contribution in [-0.2, 0) is 4.74 Å². The topological polar surface area (TPSA) is 9.23 Å². The maximum Gasteiger partial charge on any atom is 0.0651 e. The van der Waals surface area contributed by atoms with E-state index < -0.39 is 0 Å². The van der Waals surface area contributed by atoms with Gasteiger partial charge in [-0.15, -0.1) is 6.58 Å². The molecule has 1 rings (SSSR count). The molecule has 0 atom stereocenters. The molecule has 0 radical (unpaired) electrons. The molecule has 0 bridgehead atoms. The van der Waals surface area contributed by atoms with E-state index in [-0.39, 0.29) is 0 Å². The smallest absolute Gasteiger partial charge is 0.0651 e. The highest BCUT2D eigenvalue weighted by Gasteiger charge is 2.16. The molecule has 0 aromatic rings. The highest BCUT2D eigenvalue weighted by Crippen LogP contribution is 2.29. The summed E-state index contributed by atoms with van der Waals surface area (Å²) in [6.07, 6.45) is 8.85. The summed E-state index contributed by atoms with van der Waals surface area (Å²) in [6, 6.07) is 0. The third kappa shape index (κ3) is 3.46. The Kier molecular flexibility index (Phi) is 3.23. The molecule has 0 aromatic carbocycles. The van der Waals surface area contributed by atoms with E-state index >= 15 is 0 Å². The van der Waals surface area contributed by atoms with Gasteiger partial charge in [-0.3, -0.25) is 0 Å². The van der Waals surface area contributed by atoms with Crippen molar-refractivity contribution in [3.63, 3.8) is 0 Å². The lowest BCUT2D eigenvalue weighted by Gasteiger charge is -1.92. The molecule has 10 heavy (non-hydrogen) atoms. The molecule has 1 fully saturated rings. The van der Waals surface area contributed by atoms with Gasteiger partial charge in [-0.1, -0.05) is 18.2 Å². The molecule has 0 saturated heterocycles. The van der Waals surface area contributed by atoms with Crippen LogP contribution in [0.4, 0.5) is 0 Å². The molecule has 1 saturated carbocycles. The fourth-order valence-corrected chi connectivity index (χ4v) is 0.756. The highest BCUT2D eigenvalue weighted by molar-refractivity contribution is 4.95. The Labute approximate surface area is 62.4 Å². The van der Waals surface area contributed by atoms with Crippen molar-refractivity contribution in [2.24, 2.45) is 5.92 Å². The minimum Gasteiger partial charge on any atom is -0.373 e. The van der Waals surface area contributed by atoms with E-state index in [0.29, 0.717) is 6.61 Å². The number of allylic oxidation sites excluding steroid dienone is 1. The second-order valence-corrected chi connectivity index (χ2v) is 2.59. The Hall–Kier alpha value is -0.560. The molecule has 1 nitrogen and oxygen atoms in total. The van der Waals surface area contributed by atoms with Gasteiger partial charge in [-0.05, 0) is 18.8 Å². The average Bonchev–Trinajstić information content (AvgIpc) is 2.71. The van der Waals surface area contributed by atoms with Crippen LogP contribution in [0.15, 0.2) is 24.8 Å². The van der Waals surface area contributed by atoms with Crippen LogP contribution >= 0.6 is 0 Å². The van der Waals surface area contributed by atoms with Gasteiger partial charge in [0.1, 0.15) is 0 Å². The predicted molar refractivity (Wildman–Crippen MR) is 42.9 cm³/mol. The van der Waals surface area contributed by atoms with Gasteiger partial charge in [0.2, 0.25) is 0 Å². The van der Waals surface area contributed by atoms with Crippen molar-refractivity contribution in [2.45, 2.75) is 12.8 Å². The summed E-state index contributed by atoms with van der Waals surface area (Å²) < 4.78 is 5.16. The van der Waals surface area contributed by atoms with Crippen molar-refractivity contribution < 1.29 is 4.74 Å². The van der Waals surface area contributed by atoms with Gasteiger partial charge in [-0.2, -0.15) is 0 Å². The zero-order valence-corrected chi connectivity index (χ0v) is 6.25. The van der Waals surface area contributed by atoms with E-state index in [1.54, 1.807) is 6.08 Å². The van der Waals surface area contributed by atoms with Crippen LogP contribution in [0.25, 0.3) is 0 Å². The standard InChI is InChI=1S/C9H14O/c1-2-7-10-8-3-4-9-5-6-9/h2-4,9H,1,5-8H2/b4-3+. The lowest BCUT2D eigenvalue weighted by atomic mass is 10.4. The maximum atomic E-state index is 5.16. The zero-order chi connectivity index (χ0) is 7.23. The molecule has 0 aliphatic heterocycles. The van der Waals surface area contributed by atoms with Gasteiger partial charge in [0.25, 0.3) is 0 Å². The van der Waals surface area contributed by atoms with Crippen molar-refractivity contribution in [3.8, 4) is 0 Å². The quantitative estimate of drug-likeness (QED) is 0.418. The molecule has 0 N–H and O–H groups in total. The fourth-order valence-electron chi connectivity index (χ4n) is 0.756. The van der Waals surface area contributed by atoms with E-state index in [4.69, 9.17) is 4.74 Å². The Balaban J connectivity index is 1.87. The Morgan fingerprint density at radius 1 is 1.40 bits per heavy atom. The second kappa shape index (κ2) is 4.29. The Morgan fingerprint density at radius 2 is 2.20 bits per heavy atom. The van der Waals surface area contributed by atoms with Crippen LogP contribution in [0.1, 0.15) is 12.8 Å². The SMILES string of the molecule is C=CCOC/C=C/C1CC1. The summed E-state index contributed by atoms with van der Waals surface area (Å²) in [5, 5.41) is 0. The first-order valence-corrected chi connectivity index (χ1v) is 3.79. The van der Waals surface area contributed by atoms with E-state index in [2.05, 4.69) is 18.7 Å². The van der Waals surface area contributed by atoms with E-state index in [9.17, 15) is 0 Å². The molecular formula is C9H14O. The lowest BCUT2D eigenvalue weighted by Crippen LogP contribution is -1.89. The molecule has 56 valence electrons. The van der Waals surface area contributed by atoms with Gasteiger partial charge >= 0.3 is 0 Å². The van der Waals surface area contributed by atoms with Crippen molar-refractivity contribution in [3.05, 3.63) is 24.8 Å². The summed E-state index contributed by atoms with van der Waals surface area (Å²) in [6.45, 7) is 4.96. The van der Waals surface area contributed by atoms with Crippen LogP contribution in [0.5, 0.6) is 0 Å². The largest absolute Gasteiger partial charge is 0.373 e. The summed E-state index contributed by atoms with van der Waals surface area (Å²) >= 11 is 0. The van der Waals surface area contributed by atoms with Crippen molar-refractivity contribution >= 4 is 0 Å². The molecule has 0 heterocycles. The van der Waals surface area contributed by atoms with Gasteiger partial charge in [0.15, 0.2) is 0 Å². The van der Waals surface area contributed by atoms with Gasteiger partial charge in [-0.25, -0.2) is 0 Å². The summed E-state index contributed by atoms with van der Waals surface area (Å²) in [4.78, 5) is 0. The summed E-state index contributed by atoms with van der Waals surface area (Å²) in [7, 11) is 0. The van der Waals surface area contributed by atoms with E-state index in [0.717, 1.165) is 12.5 Å². The maximum absolute atomic E-state index is 5.16. The van der Waals surface area contributed by atoms with Crippen LogP contribution in [0.2, 0.25) is 0 Å². The molecule has 1 aliphatic rings. The third-order valence-corrected chi connectivity index (χ3v) is 1.48. The lowest BCUT2D eigenvalue weighted by molar-refractivity contribution is 0.194. The minimum atomic E-state index is 0.662. The van der Waals surface area contributed by atoms with Crippen LogP contribution in [0.3, 0.4) is 0 Å². The first kappa shape index (κ1) is 7.55. The normalized spacial score (nSPS) is 18.0. The zero-order valence-electron chi connectivity index (χ0n) is 6.25. The van der Waals surface area contributed by atoms with Crippen molar-refractivity contribution in [1.29, 1.82) is 0 Å². The van der Waals surface area contributed by atoms with Gasteiger partial charge < -0.3 is 4.74 Å². The van der Waals surface area contributed by atoms with Gasteiger partial charge in [0.05, 0.1) is 13.2 Å². The molecular weight excluding hydrogens is 124 g/mol. The fraction of sp³-hybridized carbons (Fsp3) is 0.556.